The molecule has 0 spiro atoms. The van der Waals surface area contributed by atoms with Crippen LogP contribution < -0.4 is 10.6 Å². The molecule has 4 nitrogen and oxygen atoms in total. The lowest BCUT2D eigenvalue weighted by Gasteiger charge is -2.07. The quantitative estimate of drug-likeness (QED) is 0.830. The number of hydrogen-bond acceptors (Lipinski definition) is 2. The Labute approximate surface area is 138 Å². The molecule has 0 heterocycles. The highest BCUT2D eigenvalue weighted by Crippen LogP contribution is 2.10. The zero-order valence-corrected chi connectivity index (χ0v) is 13.6. The molecule has 0 unspecified atom stereocenters. The number of carbonyl (C=O) groups is 2. The molecule has 0 saturated heterocycles. The zero-order valence-electron chi connectivity index (χ0n) is 12.0. The lowest BCUT2D eigenvalue weighted by molar-refractivity contribution is -0.125. The topological polar surface area (TPSA) is 58.2 Å². The summed E-state index contributed by atoms with van der Waals surface area (Å²) in [7, 11) is 0. The maximum Gasteiger partial charge on any atom is 0.239 e. The van der Waals surface area contributed by atoms with Crippen LogP contribution in [0.15, 0.2) is 59.1 Å². The van der Waals surface area contributed by atoms with E-state index in [1.165, 1.54) is 0 Å². The Hall–Kier alpha value is -2.14. The van der Waals surface area contributed by atoms with Crippen molar-refractivity contribution in [2.24, 2.45) is 0 Å². The van der Waals surface area contributed by atoms with Gasteiger partial charge in [0.15, 0.2) is 0 Å². The molecular weight excluding hydrogens is 344 g/mol. The van der Waals surface area contributed by atoms with Gasteiger partial charge in [-0.3, -0.25) is 9.59 Å². The van der Waals surface area contributed by atoms with E-state index < -0.39 is 0 Å². The van der Waals surface area contributed by atoms with Gasteiger partial charge < -0.3 is 10.6 Å². The fourth-order valence-electron chi connectivity index (χ4n) is 1.89. The number of hydrogen-bond donors (Lipinski definition) is 2. The van der Waals surface area contributed by atoms with Crippen molar-refractivity contribution < 1.29 is 9.59 Å². The first kappa shape index (κ1) is 16.2. The summed E-state index contributed by atoms with van der Waals surface area (Å²) in [6.07, 6.45) is 0.263. The highest BCUT2D eigenvalue weighted by molar-refractivity contribution is 9.10. The molecule has 5 heteroatoms. The largest absolute Gasteiger partial charge is 0.350 e. The zero-order chi connectivity index (χ0) is 15.8. The molecule has 0 atom stereocenters. The van der Waals surface area contributed by atoms with Crippen LogP contribution in [-0.2, 0) is 22.6 Å². The molecule has 2 aromatic carbocycles. The average molecular weight is 361 g/mol. The van der Waals surface area contributed by atoms with Crippen LogP contribution in [0, 0.1) is 0 Å². The van der Waals surface area contributed by atoms with Crippen molar-refractivity contribution in [3.8, 4) is 0 Å². The Kier molecular flexibility index (Phi) is 6.15. The minimum atomic E-state index is -0.201. The van der Waals surface area contributed by atoms with Gasteiger partial charge in [0.1, 0.15) is 0 Å². The molecule has 0 aliphatic carbocycles. The van der Waals surface area contributed by atoms with Crippen molar-refractivity contribution >= 4 is 27.7 Å². The minimum Gasteiger partial charge on any atom is -0.350 e. The van der Waals surface area contributed by atoms with Gasteiger partial charge in [0.25, 0.3) is 0 Å². The third kappa shape index (κ3) is 5.69. The monoisotopic (exact) mass is 360 g/mol. The molecular formula is C17H17BrN2O2. The van der Waals surface area contributed by atoms with Crippen LogP contribution in [0.3, 0.4) is 0 Å². The summed E-state index contributed by atoms with van der Waals surface area (Å²) in [4.78, 5) is 23.5. The van der Waals surface area contributed by atoms with E-state index in [2.05, 4.69) is 26.6 Å². The summed E-state index contributed by atoms with van der Waals surface area (Å²) in [6, 6.07) is 17.2. The first-order valence-corrected chi connectivity index (χ1v) is 7.74. The van der Waals surface area contributed by atoms with E-state index in [9.17, 15) is 9.59 Å². The van der Waals surface area contributed by atoms with Crippen LogP contribution in [0.25, 0.3) is 0 Å². The van der Waals surface area contributed by atoms with Gasteiger partial charge >= 0.3 is 0 Å². The number of amides is 2. The van der Waals surface area contributed by atoms with E-state index >= 15 is 0 Å². The molecule has 0 bridgehead atoms. The van der Waals surface area contributed by atoms with Crippen LogP contribution in [0.4, 0.5) is 0 Å². The van der Waals surface area contributed by atoms with Gasteiger partial charge in [0.05, 0.1) is 13.0 Å². The second kappa shape index (κ2) is 8.34. The summed E-state index contributed by atoms with van der Waals surface area (Å²) in [5.41, 5.74) is 1.93. The molecule has 2 N–H and O–H groups in total. The van der Waals surface area contributed by atoms with Crippen LogP contribution in [0.5, 0.6) is 0 Å². The summed E-state index contributed by atoms with van der Waals surface area (Å²) in [5.74, 6) is -0.370. The van der Waals surface area contributed by atoms with Gasteiger partial charge in [-0.15, -0.1) is 0 Å². The van der Waals surface area contributed by atoms with E-state index in [4.69, 9.17) is 0 Å². The van der Waals surface area contributed by atoms with E-state index in [0.29, 0.717) is 6.54 Å². The average Bonchev–Trinajstić information content (AvgIpc) is 2.54. The molecule has 0 aromatic heterocycles. The number of benzene rings is 2. The summed E-state index contributed by atoms with van der Waals surface area (Å²) in [6.45, 7) is 0.449. The third-order valence-electron chi connectivity index (χ3n) is 3.06. The third-order valence-corrected chi connectivity index (χ3v) is 3.59. The molecule has 0 fully saturated rings. The summed E-state index contributed by atoms with van der Waals surface area (Å²) >= 11 is 3.34. The Balaban J connectivity index is 1.69. The second-order valence-electron chi connectivity index (χ2n) is 4.84. The summed E-state index contributed by atoms with van der Waals surface area (Å²) < 4.78 is 0.969. The van der Waals surface area contributed by atoms with Crippen LogP contribution in [0.1, 0.15) is 11.1 Å². The second-order valence-corrected chi connectivity index (χ2v) is 5.76. The van der Waals surface area contributed by atoms with E-state index in [1.54, 1.807) is 0 Å². The first-order valence-electron chi connectivity index (χ1n) is 6.95. The van der Waals surface area contributed by atoms with Crippen molar-refractivity contribution in [3.05, 3.63) is 70.2 Å². The fraction of sp³-hybridized carbons (Fsp3) is 0.176. The smallest absolute Gasteiger partial charge is 0.239 e. The Morgan fingerprint density at radius 3 is 2.18 bits per heavy atom. The number of halogens is 1. The first-order chi connectivity index (χ1) is 10.6. The van der Waals surface area contributed by atoms with E-state index in [1.807, 2.05) is 54.6 Å². The van der Waals surface area contributed by atoms with Gasteiger partial charge in [0.2, 0.25) is 11.8 Å². The minimum absolute atomic E-state index is 0.0117. The highest BCUT2D eigenvalue weighted by atomic mass is 79.9. The van der Waals surface area contributed by atoms with Crippen LogP contribution in [-0.4, -0.2) is 18.4 Å². The Morgan fingerprint density at radius 1 is 0.818 bits per heavy atom. The highest BCUT2D eigenvalue weighted by Gasteiger charge is 2.06. The molecule has 0 aliphatic heterocycles. The fourth-order valence-corrected chi connectivity index (χ4v) is 2.15. The number of nitrogens with one attached hydrogen (secondary N) is 2. The molecule has 0 aliphatic rings. The van der Waals surface area contributed by atoms with Crippen molar-refractivity contribution in [2.75, 3.05) is 6.54 Å². The maximum absolute atomic E-state index is 11.8. The predicted octanol–water partition coefficient (Wildman–Crippen LogP) is 2.42. The molecule has 2 amide bonds. The molecule has 0 radical (unpaired) electrons. The van der Waals surface area contributed by atoms with Crippen molar-refractivity contribution in [2.45, 2.75) is 13.0 Å². The van der Waals surface area contributed by atoms with Crippen molar-refractivity contribution in [1.82, 2.24) is 10.6 Å². The van der Waals surface area contributed by atoms with E-state index in [-0.39, 0.29) is 24.8 Å². The van der Waals surface area contributed by atoms with Gasteiger partial charge in [-0.25, -0.2) is 0 Å². The van der Waals surface area contributed by atoms with Crippen molar-refractivity contribution in [3.63, 3.8) is 0 Å². The normalized spacial score (nSPS) is 10.0. The molecule has 2 rings (SSSR count). The Morgan fingerprint density at radius 2 is 1.50 bits per heavy atom. The predicted molar refractivity (Wildman–Crippen MR) is 89.1 cm³/mol. The van der Waals surface area contributed by atoms with E-state index in [0.717, 1.165) is 15.6 Å². The molecule has 114 valence electrons. The van der Waals surface area contributed by atoms with Crippen LogP contribution >= 0.6 is 15.9 Å². The van der Waals surface area contributed by atoms with Gasteiger partial charge in [-0.05, 0) is 23.3 Å². The number of carbonyl (C=O) groups excluding carboxylic acids is 2. The lowest BCUT2D eigenvalue weighted by Crippen LogP contribution is -2.37. The summed E-state index contributed by atoms with van der Waals surface area (Å²) in [5, 5.41) is 5.38. The van der Waals surface area contributed by atoms with Crippen molar-refractivity contribution in [1.29, 1.82) is 0 Å². The van der Waals surface area contributed by atoms with Gasteiger partial charge in [-0.1, -0.05) is 58.4 Å². The maximum atomic E-state index is 11.8. The standard InChI is InChI=1S/C17H17BrN2O2/c18-15-8-6-13(7-9-15)10-16(21)20-12-17(22)19-11-14-4-2-1-3-5-14/h1-9H,10-12H2,(H,19,22)(H,20,21). The van der Waals surface area contributed by atoms with Crippen LogP contribution in [0.2, 0.25) is 0 Å². The van der Waals surface area contributed by atoms with Gasteiger partial charge in [-0.2, -0.15) is 0 Å². The molecule has 22 heavy (non-hydrogen) atoms. The molecule has 0 saturated carbocycles. The van der Waals surface area contributed by atoms with Gasteiger partial charge in [0, 0.05) is 11.0 Å². The lowest BCUT2D eigenvalue weighted by atomic mass is 10.1. The SMILES string of the molecule is O=C(CNC(=O)Cc1ccc(Br)cc1)NCc1ccccc1. The molecule has 2 aromatic rings. The number of rotatable bonds is 6. The Bertz CT molecular complexity index is 627.